The van der Waals surface area contributed by atoms with Crippen LogP contribution in [0.15, 0.2) is 0 Å². The van der Waals surface area contributed by atoms with Crippen LogP contribution >= 0.6 is 0 Å². The molecule has 0 aromatic rings. The van der Waals surface area contributed by atoms with Crippen LogP contribution in [0.2, 0.25) is 0 Å². The molecule has 18 heavy (non-hydrogen) atoms. The molecule has 2 nitrogen and oxygen atoms in total. The fraction of sp³-hybridized carbons (Fsp3) is 1.00. The maximum atomic E-state index is 12.4. The first-order chi connectivity index (χ1) is 8.72. The van der Waals surface area contributed by atoms with Gasteiger partial charge in [0.05, 0.1) is 0 Å². The van der Waals surface area contributed by atoms with Crippen molar-refractivity contribution in [2.45, 2.75) is 70.5 Å². The third kappa shape index (κ3) is 5.00. The monoisotopic (exact) mass is 273 g/mol. The quantitative estimate of drug-likeness (QED) is 0.688. The van der Waals surface area contributed by atoms with Crippen LogP contribution in [0.1, 0.15) is 65.2 Å². The topological polar surface area (TPSA) is 43.1 Å². The molecule has 0 radical (unpaired) electrons. The maximum Gasteiger partial charge on any atom is 0.0390 e. The van der Waals surface area contributed by atoms with Crippen molar-refractivity contribution in [2.24, 2.45) is 17.6 Å². The molecule has 1 rings (SSSR count). The Hall–Kier alpha value is 0.110. The van der Waals surface area contributed by atoms with Gasteiger partial charge in [-0.3, -0.25) is 4.21 Å². The van der Waals surface area contributed by atoms with Crippen LogP contribution in [-0.2, 0) is 10.8 Å². The molecule has 4 atom stereocenters. The van der Waals surface area contributed by atoms with Crippen molar-refractivity contribution in [3.05, 3.63) is 0 Å². The van der Waals surface area contributed by atoms with E-state index >= 15 is 0 Å². The number of hydrogen-bond donors (Lipinski definition) is 1. The number of rotatable bonds is 8. The lowest BCUT2D eigenvalue weighted by atomic mass is 9.80. The van der Waals surface area contributed by atoms with E-state index in [1.807, 2.05) is 0 Å². The molecule has 1 aliphatic carbocycles. The van der Waals surface area contributed by atoms with Crippen LogP contribution in [0.5, 0.6) is 0 Å². The Kier molecular flexibility index (Phi) is 8.16. The summed E-state index contributed by atoms with van der Waals surface area (Å²) in [4.78, 5) is 0. The molecule has 4 unspecified atom stereocenters. The molecule has 0 aromatic carbocycles. The smallest absolute Gasteiger partial charge is 0.0390 e. The minimum absolute atomic E-state index is 0.386. The average molecular weight is 273 g/mol. The SMILES string of the molecule is CCCCCS(=O)C1CC(CCC)CCC1CN. The van der Waals surface area contributed by atoms with E-state index in [0.717, 1.165) is 31.1 Å². The lowest BCUT2D eigenvalue weighted by Gasteiger charge is -2.35. The van der Waals surface area contributed by atoms with Gasteiger partial charge in [0.1, 0.15) is 0 Å². The molecule has 0 amide bonds. The largest absolute Gasteiger partial charge is 0.330 e. The van der Waals surface area contributed by atoms with E-state index in [4.69, 9.17) is 5.73 Å². The summed E-state index contributed by atoms with van der Waals surface area (Å²) in [5.41, 5.74) is 5.87. The van der Waals surface area contributed by atoms with Crippen LogP contribution in [0, 0.1) is 11.8 Å². The third-order valence-corrected chi connectivity index (χ3v) is 6.27. The standard InChI is InChI=1S/C15H31NOS/c1-3-5-6-10-18(17)15-11-13(7-4-2)8-9-14(15)12-16/h13-15H,3-12,16H2,1-2H3. The summed E-state index contributed by atoms with van der Waals surface area (Å²) in [5.74, 6) is 2.21. The first kappa shape index (κ1) is 16.2. The van der Waals surface area contributed by atoms with Gasteiger partial charge in [0.2, 0.25) is 0 Å². The van der Waals surface area contributed by atoms with E-state index in [1.165, 1.54) is 38.5 Å². The lowest BCUT2D eigenvalue weighted by molar-refractivity contribution is 0.272. The lowest BCUT2D eigenvalue weighted by Crippen LogP contribution is -2.38. The van der Waals surface area contributed by atoms with Gasteiger partial charge in [-0.05, 0) is 37.6 Å². The van der Waals surface area contributed by atoms with Crippen LogP contribution in [0.4, 0.5) is 0 Å². The third-order valence-electron chi connectivity index (χ3n) is 4.32. The average Bonchev–Trinajstić information content (AvgIpc) is 2.39. The van der Waals surface area contributed by atoms with Crippen LogP contribution in [0.3, 0.4) is 0 Å². The molecule has 0 saturated heterocycles. The first-order valence-electron chi connectivity index (χ1n) is 7.80. The highest BCUT2D eigenvalue weighted by Crippen LogP contribution is 2.34. The van der Waals surface area contributed by atoms with Gasteiger partial charge in [-0.25, -0.2) is 0 Å². The first-order valence-corrected chi connectivity index (χ1v) is 9.18. The zero-order chi connectivity index (χ0) is 13.4. The van der Waals surface area contributed by atoms with Crippen molar-refractivity contribution in [1.29, 1.82) is 0 Å². The Labute approximate surface area is 116 Å². The predicted molar refractivity (Wildman–Crippen MR) is 81.1 cm³/mol. The molecular formula is C15H31NOS. The predicted octanol–water partition coefficient (Wildman–Crippen LogP) is 3.47. The van der Waals surface area contributed by atoms with Gasteiger partial charge in [0.15, 0.2) is 0 Å². The minimum Gasteiger partial charge on any atom is -0.330 e. The van der Waals surface area contributed by atoms with Crippen molar-refractivity contribution in [3.63, 3.8) is 0 Å². The van der Waals surface area contributed by atoms with Crippen molar-refractivity contribution in [1.82, 2.24) is 0 Å². The second-order valence-corrected chi connectivity index (χ2v) is 7.57. The summed E-state index contributed by atoms with van der Waals surface area (Å²) in [7, 11) is -0.642. The highest BCUT2D eigenvalue weighted by atomic mass is 32.2. The molecule has 1 aliphatic rings. The van der Waals surface area contributed by atoms with Gasteiger partial charge in [-0.2, -0.15) is 0 Å². The minimum atomic E-state index is -0.642. The van der Waals surface area contributed by atoms with Gasteiger partial charge in [0, 0.05) is 21.8 Å². The second kappa shape index (κ2) is 9.08. The molecule has 2 N–H and O–H groups in total. The Morgan fingerprint density at radius 1 is 1.17 bits per heavy atom. The Morgan fingerprint density at radius 2 is 1.94 bits per heavy atom. The Bertz CT molecular complexity index is 245. The fourth-order valence-corrected chi connectivity index (χ4v) is 5.14. The molecule has 1 fully saturated rings. The van der Waals surface area contributed by atoms with Crippen LogP contribution in [0.25, 0.3) is 0 Å². The maximum absolute atomic E-state index is 12.4. The molecule has 108 valence electrons. The molecule has 0 aliphatic heterocycles. The number of nitrogens with two attached hydrogens (primary N) is 1. The summed E-state index contributed by atoms with van der Waals surface area (Å²) in [6.45, 7) is 5.18. The molecular weight excluding hydrogens is 242 g/mol. The summed E-state index contributed by atoms with van der Waals surface area (Å²) in [5, 5.41) is 0.386. The molecule has 0 bridgehead atoms. The summed E-state index contributed by atoms with van der Waals surface area (Å²) in [6.07, 6.45) is 9.77. The normalized spacial score (nSPS) is 30.3. The molecule has 0 spiro atoms. The van der Waals surface area contributed by atoms with Gasteiger partial charge < -0.3 is 5.73 Å². The zero-order valence-corrected chi connectivity index (χ0v) is 13.0. The molecule has 0 aromatic heterocycles. The fourth-order valence-electron chi connectivity index (χ4n) is 3.18. The van der Waals surface area contributed by atoms with E-state index < -0.39 is 10.8 Å². The van der Waals surface area contributed by atoms with E-state index in [-0.39, 0.29) is 0 Å². The summed E-state index contributed by atoms with van der Waals surface area (Å²) in [6, 6.07) is 0. The van der Waals surface area contributed by atoms with Crippen molar-refractivity contribution in [2.75, 3.05) is 12.3 Å². The van der Waals surface area contributed by atoms with Gasteiger partial charge >= 0.3 is 0 Å². The van der Waals surface area contributed by atoms with E-state index in [1.54, 1.807) is 0 Å². The van der Waals surface area contributed by atoms with Gasteiger partial charge in [-0.15, -0.1) is 0 Å². The van der Waals surface area contributed by atoms with Crippen molar-refractivity contribution < 1.29 is 4.21 Å². The van der Waals surface area contributed by atoms with Gasteiger partial charge in [-0.1, -0.05) is 46.0 Å². The molecule has 1 saturated carbocycles. The molecule has 0 heterocycles. The van der Waals surface area contributed by atoms with E-state index in [9.17, 15) is 4.21 Å². The Balaban J connectivity index is 2.48. The number of unbranched alkanes of at least 4 members (excludes halogenated alkanes) is 2. The van der Waals surface area contributed by atoms with Crippen molar-refractivity contribution in [3.8, 4) is 0 Å². The zero-order valence-electron chi connectivity index (χ0n) is 12.2. The van der Waals surface area contributed by atoms with Crippen LogP contribution < -0.4 is 5.73 Å². The van der Waals surface area contributed by atoms with Crippen molar-refractivity contribution >= 4 is 10.8 Å². The van der Waals surface area contributed by atoms with Gasteiger partial charge in [0.25, 0.3) is 0 Å². The van der Waals surface area contributed by atoms with E-state index in [0.29, 0.717) is 11.2 Å². The van der Waals surface area contributed by atoms with E-state index in [2.05, 4.69) is 13.8 Å². The number of hydrogen-bond acceptors (Lipinski definition) is 2. The summed E-state index contributed by atoms with van der Waals surface area (Å²) >= 11 is 0. The highest BCUT2D eigenvalue weighted by molar-refractivity contribution is 7.85. The van der Waals surface area contributed by atoms with Crippen LogP contribution in [-0.4, -0.2) is 21.8 Å². The Morgan fingerprint density at radius 3 is 2.56 bits per heavy atom. The second-order valence-electron chi connectivity index (χ2n) is 5.79. The molecule has 3 heteroatoms. The summed E-state index contributed by atoms with van der Waals surface area (Å²) < 4.78 is 12.4. The highest BCUT2D eigenvalue weighted by Gasteiger charge is 2.32.